The Labute approximate surface area is 121 Å². The maximum Gasteiger partial charge on any atom is 0.417 e. The van der Waals surface area contributed by atoms with Crippen LogP contribution < -0.4 is 10.6 Å². The van der Waals surface area contributed by atoms with Gasteiger partial charge >= 0.3 is 6.18 Å². The molecule has 0 unspecified atom stereocenters. The molecule has 0 radical (unpaired) electrons. The van der Waals surface area contributed by atoms with Crippen LogP contribution in [-0.4, -0.2) is 31.1 Å². The Kier molecular flexibility index (Phi) is 3.88. The van der Waals surface area contributed by atoms with E-state index in [2.05, 4.69) is 0 Å². The summed E-state index contributed by atoms with van der Waals surface area (Å²) in [4.78, 5) is 1.94. The van der Waals surface area contributed by atoms with Gasteiger partial charge in [-0.3, -0.25) is 5.41 Å². The second-order valence-electron chi connectivity index (χ2n) is 5.67. The second-order valence-corrected chi connectivity index (χ2v) is 5.67. The Morgan fingerprint density at radius 3 is 2.57 bits per heavy atom. The van der Waals surface area contributed by atoms with Gasteiger partial charge in [0, 0.05) is 24.3 Å². The number of anilines is 1. The average molecular weight is 301 g/mol. The van der Waals surface area contributed by atoms with E-state index in [1.54, 1.807) is 0 Å². The molecule has 3 N–H and O–H groups in total. The van der Waals surface area contributed by atoms with Crippen LogP contribution in [0.2, 0.25) is 0 Å². The van der Waals surface area contributed by atoms with Gasteiger partial charge < -0.3 is 15.4 Å². The van der Waals surface area contributed by atoms with Crippen molar-refractivity contribution in [3.63, 3.8) is 0 Å². The van der Waals surface area contributed by atoms with Crippen LogP contribution in [0.4, 0.5) is 18.9 Å². The van der Waals surface area contributed by atoms with E-state index >= 15 is 0 Å². The molecule has 0 amide bonds. The van der Waals surface area contributed by atoms with E-state index < -0.39 is 17.6 Å². The maximum absolute atomic E-state index is 12.9. The Balaban J connectivity index is 2.39. The summed E-state index contributed by atoms with van der Waals surface area (Å²) in [7, 11) is 0. The molecule has 4 nitrogen and oxygen atoms in total. The molecule has 0 atom stereocenters. The second kappa shape index (κ2) is 5.22. The first-order valence-corrected chi connectivity index (χ1v) is 6.55. The Hall–Kier alpha value is -1.76. The number of nitrogens with one attached hydrogen (secondary N) is 1. The molecule has 21 heavy (non-hydrogen) atoms. The number of nitrogen functional groups attached to an aromatic ring is 1. The van der Waals surface area contributed by atoms with Crippen LogP contribution in [0.3, 0.4) is 0 Å². The molecule has 0 bridgehead atoms. The Morgan fingerprint density at radius 2 is 2.05 bits per heavy atom. The van der Waals surface area contributed by atoms with Crippen molar-refractivity contribution in [1.82, 2.24) is 0 Å². The predicted octanol–water partition coefficient (Wildman–Crippen LogP) is 2.60. The molecule has 1 aliphatic rings. The number of hydrogen-bond donors (Lipinski definition) is 2. The number of morpholine rings is 1. The lowest BCUT2D eigenvalue weighted by Crippen LogP contribution is -2.48. The van der Waals surface area contributed by atoms with Crippen molar-refractivity contribution in [3.8, 4) is 0 Å². The minimum Gasteiger partial charge on any atom is -0.384 e. The number of hydrogen-bond acceptors (Lipinski definition) is 3. The first-order chi connectivity index (χ1) is 9.60. The third-order valence-electron chi connectivity index (χ3n) is 3.39. The van der Waals surface area contributed by atoms with Crippen LogP contribution in [-0.2, 0) is 10.9 Å². The highest BCUT2D eigenvalue weighted by atomic mass is 19.4. The monoisotopic (exact) mass is 301 g/mol. The number of amidine groups is 1. The number of ether oxygens (including phenoxy) is 1. The molecule has 1 heterocycles. The van der Waals surface area contributed by atoms with E-state index in [0.717, 1.165) is 6.07 Å². The molecule has 0 aliphatic carbocycles. The summed E-state index contributed by atoms with van der Waals surface area (Å²) < 4.78 is 44.3. The van der Waals surface area contributed by atoms with Crippen LogP contribution in [0, 0.1) is 5.41 Å². The highest BCUT2D eigenvalue weighted by Gasteiger charge is 2.35. The average Bonchev–Trinajstić information content (AvgIpc) is 2.35. The van der Waals surface area contributed by atoms with Crippen LogP contribution in [0.5, 0.6) is 0 Å². The molecule has 7 heteroatoms. The molecule has 0 aromatic heterocycles. The van der Waals surface area contributed by atoms with Gasteiger partial charge in [0.2, 0.25) is 0 Å². The van der Waals surface area contributed by atoms with Crippen molar-refractivity contribution in [3.05, 3.63) is 29.3 Å². The molecular formula is C14H18F3N3O. The summed E-state index contributed by atoms with van der Waals surface area (Å²) >= 11 is 0. The Bertz CT molecular complexity index is 555. The van der Waals surface area contributed by atoms with E-state index in [0.29, 0.717) is 25.4 Å². The van der Waals surface area contributed by atoms with Gasteiger partial charge in [0.05, 0.1) is 17.8 Å². The molecule has 1 aliphatic heterocycles. The van der Waals surface area contributed by atoms with Gasteiger partial charge in [-0.1, -0.05) is 0 Å². The number of benzene rings is 1. The SMILES string of the molecule is CC1(C)CN(c2ccc(C(F)(F)F)c(C(=N)N)c2)CCO1. The molecule has 1 aromatic carbocycles. The van der Waals surface area contributed by atoms with Crippen molar-refractivity contribution in [1.29, 1.82) is 5.41 Å². The third kappa shape index (κ3) is 3.47. The van der Waals surface area contributed by atoms with Crippen LogP contribution in [0.15, 0.2) is 18.2 Å². The predicted molar refractivity (Wildman–Crippen MR) is 74.7 cm³/mol. The van der Waals surface area contributed by atoms with Gasteiger partial charge in [-0.2, -0.15) is 13.2 Å². The fraction of sp³-hybridized carbons (Fsp3) is 0.500. The summed E-state index contributed by atoms with van der Waals surface area (Å²) in [6.07, 6.45) is -4.52. The molecule has 1 fully saturated rings. The van der Waals surface area contributed by atoms with Gasteiger partial charge in [-0.15, -0.1) is 0 Å². The van der Waals surface area contributed by atoms with Gasteiger partial charge in [-0.05, 0) is 32.0 Å². The standard InChI is InChI=1S/C14H18F3N3O/c1-13(2)8-20(5-6-21-13)9-3-4-11(14(15,16)17)10(7-9)12(18)19/h3-4,7H,5-6,8H2,1-2H3,(H3,18,19). The van der Waals surface area contributed by atoms with E-state index in [1.807, 2.05) is 18.7 Å². The molecule has 2 rings (SSSR count). The lowest BCUT2D eigenvalue weighted by molar-refractivity contribution is -0.137. The minimum absolute atomic E-state index is 0.288. The fourth-order valence-corrected chi connectivity index (χ4v) is 2.44. The lowest BCUT2D eigenvalue weighted by atomic mass is 10.0. The number of nitrogens with two attached hydrogens (primary N) is 1. The number of alkyl halides is 3. The topological polar surface area (TPSA) is 62.3 Å². The highest BCUT2D eigenvalue weighted by Crippen LogP contribution is 2.34. The summed E-state index contributed by atoms with van der Waals surface area (Å²) in [5.41, 5.74) is 4.38. The molecule has 0 spiro atoms. The van der Waals surface area contributed by atoms with Crippen molar-refractivity contribution in [2.24, 2.45) is 5.73 Å². The number of rotatable bonds is 2. The highest BCUT2D eigenvalue weighted by molar-refractivity contribution is 5.97. The van der Waals surface area contributed by atoms with Crippen LogP contribution >= 0.6 is 0 Å². The van der Waals surface area contributed by atoms with Crippen molar-refractivity contribution in [2.75, 3.05) is 24.6 Å². The van der Waals surface area contributed by atoms with Crippen LogP contribution in [0.1, 0.15) is 25.0 Å². The van der Waals surface area contributed by atoms with Gasteiger partial charge in [0.25, 0.3) is 0 Å². The largest absolute Gasteiger partial charge is 0.417 e. The quantitative estimate of drug-likeness (QED) is 0.652. The smallest absolute Gasteiger partial charge is 0.384 e. The van der Waals surface area contributed by atoms with Crippen LogP contribution in [0.25, 0.3) is 0 Å². The van der Waals surface area contributed by atoms with Gasteiger partial charge in [0.15, 0.2) is 0 Å². The van der Waals surface area contributed by atoms with Gasteiger partial charge in [0.1, 0.15) is 5.84 Å². The normalized spacial score (nSPS) is 18.6. The number of halogens is 3. The molecule has 1 aromatic rings. The summed E-state index contributed by atoms with van der Waals surface area (Å²) in [6, 6.07) is 3.72. The van der Waals surface area contributed by atoms with Crippen molar-refractivity contribution in [2.45, 2.75) is 25.6 Å². The third-order valence-corrected chi connectivity index (χ3v) is 3.39. The zero-order valence-electron chi connectivity index (χ0n) is 11.9. The summed E-state index contributed by atoms with van der Waals surface area (Å²) in [5.74, 6) is -0.586. The van der Waals surface area contributed by atoms with Crippen molar-refractivity contribution < 1.29 is 17.9 Å². The fourth-order valence-electron chi connectivity index (χ4n) is 2.44. The zero-order valence-corrected chi connectivity index (χ0v) is 11.9. The summed E-state index contributed by atoms with van der Waals surface area (Å²) in [6.45, 7) is 5.51. The first-order valence-electron chi connectivity index (χ1n) is 6.55. The zero-order chi connectivity index (χ0) is 15.8. The minimum atomic E-state index is -4.52. The molecule has 1 saturated heterocycles. The van der Waals surface area contributed by atoms with E-state index in [9.17, 15) is 13.2 Å². The van der Waals surface area contributed by atoms with Gasteiger partial charge in [-0.25, -0.2) is 0 Å². The van der Waals surface area contributed by atoms with E-state index in [-0.39, 0.29) is 11.2 Å². The number of nitrogens with zero attached hydrogens (tertiary/aromatic N) is 1. The maximum atomic E-state index is 12.9. The summed E-state index contributed by atoms with van der Waals surface area (Å²) in [5, 5.41) is 7.38. The lowest BCUT2D eigenvalue weighted by Gasteiger charge is -2.39. The first kappa shape index (κ1) is 15.6. The Morgan fingerprint density at radius 1 is 1.38 bits per heavy atom. The molecule has 116 valence electrons. The van der Waals surface area contributed by atoms with Crippen molar-refractivity contribution >= 4 is 11.5 Å². The molecular weight excluding hydrogens is 283 g/mol. The molecule has 0 saturated carbocycles. The van der Waals surface area contributed by atoms with E-state index in [4.69, 9.17) is 15.9 Å². The van der Waals surface area contributed by atoms with E-state index in [1.165, 1.54) is 12.1 Å².